The molecule has 1 saturated heterocycles. The van der Waals surface area contributed by atoms with Crippen molar-refractivity contribution in [3.05, 3.63) is 24.3 Å². The molecule has 0 bridgehead atoms. The summed E-state index contributed by atoms with van der Waals surface area (Å²) >= 11 is 0. The zero-order chi connectivity index (χ0) is 17.6. The molecular weight excluding hydrogens is 368 g/mol. The second-order valence-corrected chi connectivity index (χ2v) is 7.41. The molecule has 1 aromatic carbocycles. The first-order valence-electron chi connectivity index (χ1n) is 7.75. The lowest BCUT2D eigenvalue weighted by Gasteiger charge is -2.26. The van der Waals surface area contributed by atoms with Crippen molar-refractivity contribution in [2.75, 3.05) is 38.5 Å². The summed E-state index contributed by atoms with van der Waals surface area (Å²) in [5, 5.41) is 8.24. The third-order valence-corrected chi connectivity index (χ3v) is 5.43. The van der Waals surface area contributed by atoms with Crippen LogP contribution in [-0.2, 0) is 19.6 Å². The van der Waals surface area contributed by atoms with Gasteiger partial charge in [0.2, 0.25) is 21.8 Å². The second-order valence-electron chi connectivity index (χ2n) is 5.47. The van der Waals surface area contributed by atoms with Crippen molar-refractivity contribution in [2.24, 2.45) is 0 Å². The minimum absolute atomic E-state index is 0. The molecular formula is C15H23ClN4O4S. The van der Waals surface area contributed by atoms with Crippen LogP contribution < -0.4 is 16.0 Å². The number of hydrogen-bond donors (Lipinski definition) is 3. The standard InChI is InChI=1S/C15H22N4O4S.ClH/c1-16-7-3-6-14(20)18-12-4-2-5-13(10-12)24(22,23)19-9-8-17-15(21)11-19;/h2,4-5,10,16H,3,6-9,11H2,1H3,(H,17,21)(H,18,20);1H. The first-order valence-corrected chi connectivity index (χ1v) is 9.19. The smallest absolute Gasteiger partial charge is 0.243 e. The molecule has 0 atom stereocenters. The minimum Gasteiger partial charge on any atom is -0.354 e. The van der Waals surface area contributed by atoms with Crippen molar-refractivity contribution in [2.45, 2.75) is 17.7 Å². The molecule has 0 aliphatic carbocycles. The van der Waals surface area contributed by atoms with Gasteiger partial charge in [0.15, 0.2) is 0 Å². The van der Waals surface area contributed by atoms with Crippen LogP contribution in [0, 0.1) is 0 Å². The first kappa shape index (κ1) is 21.4. The number of benzene rings is 1. The van der Waals surface area contributed by atoms with Crippen LogP contribution in [0.3, 0.4) is 0 Å². The lowest BCUT2D eigenvalue weighted by Crippen LogP contribution is -2.49. The molecule has 0 saturated carbocycles. The van der Waals surface area contributed by atoms with E-state index in [1.54, 1.807) is 12.1 Å². The van der Waals surface area contributed by atoms with Gasteiger partial charge in [-0.3, -0.25) is 9.59 Å². The highest BCUT2D eigenvalue weighted by atomic mass is 35.5. The van der Waals surface area contributed by atoms with Crippen LogP contribution >= 0.6 is 12.4 Å². The predicted molar refractivity (Wildman–Crippen MR) is 97.2 cm³/mol. The van der Waals surface area contributed by atoms with Crippen molar-refractivity contribution in [3.63, 3.8) is 0 Å². The molecule has 1 aliphatic rings. The van der Waals surface area contributed by atoms with Gasteiger partial charge in [0, 0.05) is 25.2 Å². The van der Waals surface area contributed by atoms with Crippen molar-refractivity contribution >= 4 is 39.9 Å². The number of piperazine rings is 1. The van der Waals surface area contributed by atoms with Crippen LogP contribution in [0.15, 0.2) is 29.2 Å². The van der Waals surface area contributed by atoms with Crippen LogP contribution in [-0.4, -0.2) is 57.8 Å². The van der Waals surface area contributed by atoms with Crippen LogP contribution in [0.2, 0.25) is 0 Å². The third-order valence-electron chi connectivity index (χ3n) is 3.59. The highest BCUT2D eigenvalue weighted by Crippen LogP contribution is 2.20. The Kier molecular flexibility index (Phi) is 8.30. The van der Waals surface area contributed by atoms with E-state index < -0.39 is 10.0 Å². The number of sulfonamides is 1. The molecule has 2 rings (SSSR count). The number of nitrogens with one attached hydrogen (secondary N) is 3. The molecule has 1 aromatic rings. The Labute approximate surface area is 153 Å². The Morgan fingerprint density at radius 1 is 1.36 bits per heavy atom. The van der Waals surface area contributed by atoms with Crippen molar-refractivity contribution in [3.8, 4) is 0 Å². The quantitative estimate of drug-likeness (QED) is 0.575. The van der Waals surface area contributed by atoms with Crippen LogP contribution in [0.5, 0.6) is 0 Å². The fourth-order valence-electron chi connectivity index (χ4n) is 2.35. The van der Waals surface area contributed by atoms with Gasteiger partial charge >= 0.3 is 0 Å². The summed E-state index contributed by atoms with van der Waals surface area (Å²) in [5.74, 6) is -0.490. The molecule has 0 radical (unpaired) electrons. The van der Waals surface area contributed by atoms with E-state index in [2.05, 4.69) is 16.0 Å². The topological polar surface area (TPSA) is 108 Å². The van der Waals surface area contributed by atoms with Gasteiger partial charge in [0.1, 0.15) is 0 Å². The van der Waals surface area contributed by atoms with E-state index in [1.807, 2.05) is 7.05 Å². The van der Waals surface area contributed by atoms with E-state index in [0.717, 1.165) is 10.8 Å². The normalized spacial score (nSPS) is 15.2. The highest BCUT2D eigenvalue weighted by molar-refractivity contribution is 7.89. The third kappa shape index (κ3) is 5.96. The number of hydrogen-bond acceptors (Lipinski definition) is 5. The maximum Gasteiger partial charge on any atom is 0.243 e. The predicted octanol–water partition coefficient (Wildman–Crippen LogP) is 0.167. The summed E-state index contributed by atoms with van der Waals surface area (Å²) in [7, 11) is -1.95. The summed E-state index contributed by atoms with van der Waals surface area (Å²) in [6, 6.07) is 6.08. The Hall–Kier alpha value is -1.68. The number of rotatable bonds is 7. The van der Waals surface area contributed by atoms with E-state index in [9.17, 15) is 18.0 Å². The Morgan fingerprint density at radius 3 is 2.80 bits per heavy atom. The zero-order valence-electron chi connectivity index (χ0n) is 13.9. The largest absolute Gasteiger partial charge is 0.354 e. The average Bonchev–Trinajstić information content (AvgIpc) is 2.55. The molecule has 1 fully saturated rings. The van der Waals surface area contributed by atoms with Crippen molar-refractivity contribution < 1.29 is 18.0 Å². The van der Waals surface area contributed by atoms with Gasteiger partial charge in [-0.25, -0.2) is 8.42 Å². The number of nitrogens with zero attached hydrogens (tertiary/aromatic N) is 1. The fourth-order valence-corrected chi connectivity index (χ4v) is 3.80. The molecule has 0 unspecified atom stereocenters. The molecule has 140 valence electrons. The number of carbonyl (C=O) groups is 2. The molecule has 2 amide bonds. The van der Waals surface area contributed by atoms with Crippen molar-refractivity contribution in [1.29, 1.82) is 0 Å². The molecule has 1 heterocycles. The Balaban J connectivity index is 0.00000312. The van der Waals surface area contributed by atoms with E-state index in [4.69, 9.17) is 0 Å². The van der Waals surface area contributed by atoms with E-state index in [-0.39, 0.29) is 42.2 Å². The molecule has 0 spiro atoms. The first-order chi connectivity index (χ1) is 11.4. The summed E-state index contributed by atoms with van der Waals surface area (Å²) in [5.41, 5.74) is 0.423. The molecule has 8 nitrogen and oxygen atoms in total. The van der Waals surface area contributed by atoms with E-state index in [0.29, 0.717) is 25.1 Å². The molecule has 3 N–H and O–H groups in total. The van der Waals surface area contributed by atoms with Gasteiger partial charge in [0.05, 0.1) is 11.4 Å². The molecule has 10 heteroatoms. The van der Waals surface area contributed by atoms with Gasteiger partial charge in [-0.1, -0.05) is 6.07 Å². The molecule has 0 aromatic heterocycles. The van der Waals surface area contributed by atoms with Crippen LogP contribution in [0.1, 0.15) is 12.8 Å². The van der Waals surface area contributed by atoms with Gasteiger partial charge < -0.3 is 16.0 Å². The number of anilines is 1. The monoisotopic (exact) mass is 390 g/mol. The SMILES string of the molecule is CNCCCC(=O)Nc1cccc(S(=O)(=O)N2CCNC(=O)C2)c1.Cl. The minimum atomic E-state index is -3.76. The summed E-state index contributed by atoms with van der Waals surface area (Å²) in [6.45, 7) is 1.07. The second kappa shape index (κ2) is 9.71. The zero-order valence-corrected chi connectivity index (χ0v) is 15.6. The lowest BCUT2D eigenvalue weighted by atomic mass is 10.2. The number of halogens is 1. The van der Waals surface area contributed by atoms with Gasteiger partial charge in [-0.15, -0.1) is 12.4 Å². The van der Waals surface area contributed by atoms with E-state index >= 15 is 0 Å². The van der Waals surface area contributed by atoms with Crippen LogP contribution in [0.25, 0.3) is 0 Å². The number of amides is 2. The van der Waals surface area contributed by atoms with Gasteiger partial charge in [-0.2, -0.15) is 4.31 Å². The lowest BCUT2D eigenvalue weighted by molar-refractivity contribution is -0.122. The van der Waals surface area contributed by atoms with E-state index in [1.165, 1.54) is 12.1 Å². The van der Waals surface area contributed by atoms with Gasteiger partial charge in [-0.05, 0) is 38.2 Å². The Bertz CT molecular complexity index is 711. The summed E-state index contributed by atoms with van der Waals surface area (Å²) < 4.78 is 26.4. The maximum absolute atomic E-state index is 12.6. The highest BCUT2D eigenvalue weighted by Gasteiger charge is 2.29. The van der Waals surface area contributed by atoms with Crippen molar-refractivity contribution in [1.82, 2.24) is 14.9 Å². The number of carbonyl (C=O) groups excluding carboxylic acids is 2. The van der Waals surface area contributed by atoms with Crippen LogP contribution in [0.4, 0.5) is 5.69 Å². The summed E-state index contributed by atoms with van der Waals surface area (Å²) in [4.78, 5) is 23.3. The average molecular weight is 391 g/mol. The Morgan fingerprint density at radius 2 is 2.12 bits per heavy atom. The molecule has 25 heavy (non-hydrogen) atoms. The molecule has 1 aliphatic heterocycles. The summed E-state index contributed by atoms with van der Waals surface area (Å²) in [6.07, 6.45) is 1.05. The fraction of sp³-hybridized carbons (Fsp3) is 0.467. The maximum atomic E-state index is 12.6. The van der Waals surface area contributed by atoms with Gasteiger partial charge in [0.25, 0.3) is 0 Å².